The van der Waals surface area contributed by atoms with E-state index in [1.54, 1.807) is 0 Å². The van der Waals surface area contributed by atoms with E-state index in [9.17, 15) is 4.79 Å². The molecule has 0 rings (SSSR count). The Bertz CT molecular complexity index is 293. The summed E-state index contributed by atoms with van der Waals surface area (Å²) in [4.78, 5) is 11.3. The van der Waals surface area contributed by atoms with Crippen LogP contribution in [0.4, 0.5) is 4.79 Å². The molecule has 0 bridgehead atoms. The second-order valence-electron chi connectivity index (χ2n) is 4.91. The van der Waals surface area contributed by atoms with Crippen molar-refractivity contribution >= 4 is 6.09 Å². The van der Waals surface area contributed by atoms with E-state index >= 15 is 0 Å². The fourth-order valence-corrected chi connectivity index (χ4v) is 1.11. The zero-order valence-electron chi connectivity index (χ0n) is 12.6. The Kier molecular flexibility index (Phi) is 10.8. The fourth-order valence-electron chi connectivity index (χ4n) is 1.11. The molecule has 0 atom stereocenters. The Hall–Kier alpha value is -1.29. The van der Waals surface area contributed by atoms with E-state index in [1.807, 2.05) is 20.8 Å². The number of carbonyl (C=O) groups excluding carboxylic acids is 1. The summed E-state index contributed by atoms with van der Waals surface area (Å²) in [5.41, 5.74) is -0.486. The van der Waals surface area contributed by atoms with E-state index in [4.69, 9.17) is 25.4 Å². The molecule has 0 spiro atoms. The first kappa shape index (κ1) is 18.7. The van der Waals surface area contributed by atoms with Gasteiger partial charge in [-0.2, -0.15) is 0 Å². The first-order valence-corrected chi connectivity index (χ1v) is 6.59. The van der Waals surface area contributed by atoms with Gasteiger partial charge in [-0.3, -0.25) is 0 Å². The van der Waals surface area contributed by atoms with Gasteiger partial charge >= 0.3 is 6.09 Å². The maximum Gasteiger partial charge on any atom is 0.407 e. The van der Waals surface area contributed by atoms with E-state index in [1.165, 1.54) is 0 Å². The van der Waals surface area contributed by atoms with Crippen molar-refractivity contribution in [3.8, 4) is 12.3 Å². The van der Waals surface area contributed by atoms with E-state index in [2.05, 4.69) is 11.2 Å². The normalized spacial score (nSPS) is 10.9. The molecule has 6 heteroatoms. The van der Waals surface area contributed by atoms with Crippen molar-refractivity contribution in [3.05, 3.63) is 0 Å². The lowest BCUT2D eigenvalue weighted by molar-refractivity contribution is 0.0193. The Morgan fingerprint density at radius 3 is 2.15 bits per heavy atom. The van der Waals surface area contributed by atoms with Crippen LogP contribution in [0.25, 0.3) is 0 Å². The molecule has 1 N–H and O–H groups in total. The molecule has 0 aliphatic heterocycles. The van der Waals surface area contributed by atoms with E-state index in [-0.39, 0.29) is 0 Å². The zero-order chi connectivity index (χ0) is 15.3. The minimum absolute atomic E-state index is 0.302. The lowest BCUT2D eigenvalue weighted by Gasteiger charge is -2.19. The lowest BCUT2D eigenvalue weighted by atomic mass is 10.2. The van der Waals surface area contributed by atoms with Gasteiger partial charge in [0.25, 0.3) is 0 Å². The molecule has 0 aromatic rings. The molecule has 0 aromatic heterocycles. The van der Waals surface area contributed by atoms with Crippen LogP contribution in [0.2, 0.25) is 0 Å². The molecule has 20 heavy (non-hydrogen) atoms. The number of hydrogen-bond donors (Lipinski definition) is 1. The molecule has 0 heterocycles. The standard InChI is InChI=1S/C14H25NO5/c1-5-7-17-9-11-19-12-10-18-8-6-15-13(16)20-14(2,3)4/h1H,6-12H2,2-4H3,(H,15,16). The van der Waals surface area contributed by atoms with Gasteiger partial charge in [0.1, 0.15) is 12.2 Å². The van der Waals surface area contributed by atoms with Crippen molar-refractivity contribution in [1.29, 1.82) is 0 Å². The molecule has 0 aliphatic carbocycles. The lowest BCUT2D eigenvalue weighted by Crippen LogP contribution is -2.34. The summed E-state index contributed by atoms with van der Waals surface area (Å²) in [6, 6.07) is 0. The molecule has 0 aliphatic rings. The number of ether oxygens (including phenoxy) is 4. The Labute approximate surface area is 121 Å². The third kappa shape index (κ3) is 14.8. The van der Waals surface area contributed by atoms with Crippen molar-refractivity contribution in [2.24, 2.45) is 0 Å². The second kappa shape index (κ2) is 11.5. The highest BCUT2D eigenvalue weighted by Gasteiger charge is 2.15. The quantitative estimate of drug-likeness (QED) is 0.483. The number of amides is 1. The topological polar surface area (TPSA) is 66.0 Å². The summed E-state index contributed by atoms with van der Waals surface area (Å²) in [6.07, 6.45) is 4.58. The molecule has 0 saturated carbocycles. The largest absolute Gasteiger partial charge is 0.444 e. The maximum atomic E-state index is 11.3. The van der Waals surface area contributed by atoms with E-state index < -0.39 is 11.7 Å². The summed E-state index contributed by atoms with van der Waals surface area (Å²) < 4.78 is 20.6. The molecule has 0 unspecified atom stereocenters. The highest BCUT2D eigenvalue weighted by molar-refractivity contribution is 5.67. The van der Waals surface area contributed by atoms with Crippen LogP contribution in [0.5, 0.6) is 0 Å². The van der Waals surface area contributed by atoms with Gasteiger partial charge in [-0.1, -0.05) is 5.92 Å². The summed E-state index contributed by atoms with van der Waals surface area (Å²) in [5, 5.41) is 2.60. The third-order valence-electron chi connectivity index (χ3n) is 1.84. The summed E-state index contributed by atoms with van der Waals surface area (Å²) >= 11 is 0. The van der Waals surface area contributed by atoms with Crippen LogP contribution >= 0.6 is 0 Å². The van der Waals surface area contributed by atoms with Gasteiger partial charge in [0.15, 0.2) is 0 Å². The SMILES string of the molecule is C#CCOCCOCCOCCNC(=O)OC(C)(C)C. The van der Waals surface area contributed by atoms with Crippen molar-refractivity contribution in [3.63, 3.8) is 0 Å². The van der Waals surface area contributed by atoms with Crippen molar-refractivity contribution in [2.75, 3.05) is 46.2 Å². The summed E-state index contributed by atoms with van der Waals surface area (Å²) in [5.74, 6) is 2.37. The predicted octanol–water partition coefficient (Wildman–Crippen LogP) is 1.19. The van der Waals surface area contributed by atoms with Crippen LogP contribution in [0.1, 0.15) is 20.8 Å². The van der Waals surface area contributed by atoms with Gasteiger partial charge in [0, 0.05) is 6.54 Å². The average molecular weight is 287 g/mol. The van der Waals surface area contributed by atoms with Crippen LogP contribution in [0.15, 0.2) is 0 Å². The Balaban J connectivity index is 3.21. The minimum Gasteiger partial charge on any atom is -0.444 e. The summed E-state index contributed by atoms with van der Waals surface area (Å²) in [7, 11) is 0. The molecule has 0 fully saturated rings. The molecular formula is C14H25NO5. The first-order chi connectivity index (χ1) is 9.45. The maximum absolute atomic E-state index is 11.3. The first-order valence-electron chi connectivity index (χ1n) is 6.59. The van der Waals surface area contributed by atoms with Gasteiger partial charge in [-0.15, -0.1) is 6.42 Å². The molecule has 116 valence electrons. The number of nitrogens with one attached hydrogen (secondary N) is 1. The van der Waals surface area contributed by atoms with E-state index in [0.717, 1.165) is 0 Å². The molecule has 0 radical (unpaired) electrons. The fraction of sp³-hybridized carbons (Fsp3) is 0.786. The molecule has 1 amide bonds. The molecule has 0 saturated heterocycles. The number of rotatable bonds is 10. The monoisotopic (exact) mass is 287 g/mol. The summed E-state index contributed by atoms with van der Waals surface area (Å²) in [6.45, 7) is 8.46. The average Bonchev–Trinajstić information content (AvgIpc) is 2.34. The van der Waals surface area contributed by atoms with Crippen LogP contribution in [0.3, 0.4) is 0 Å². The molecule has 6 nitrogen and oxygen atoms in total. The van der Waals surface area contributed by atoms with Gasteiger partial charge in [-0.05, 0) is 20.8 Å². The van der Waals surface area contributed by atoms with Gasteiger partial charge in [0.2, 0.25) is 0 Å². The minimum atomic E-state index is -0.486. The second-order valence-corrected chi connectivity index (χ2v) is 4.91. The number of carbonyl (C=O) groups is 1. The smallest absolute Gasteiger partial charge is 0.407 e. The number of hydrogen-bond acceptors (Lipinski definition) is 5. The predicted molar refractivity (Wildman–Crippen MR) is 75.5 cm³/mol. The van der Waals surface area contributed by atoms with E-state index in [0.29, 0.717) is 46.2 Å². The highest BCUT2D eigenvalue weighted by Crippen LogP contribution is 2.05. The Morgan fingerprint density at radius 2 is 1.60 bits per heavy atom. The van der Waals surface area contributed by atoms with Gasteiger partial charge < -0.3 is 24.3 Å². The van der Waals surface area contributed by atoms with Crippen LogP contribution in [-0.4, -0.2) is 57.9 Å². The highest BCUT2D eigenvalue weighted by atomic mass is 16.6. The molecular weight excluding hydrogens is 262 g/mol. The Morgan fingerprint density at radius 1 is 1.05 bits per heavy atom. The van der Waals surface area contributed by atoms with Gasteiger partial charge in [-0.25, -0.2) is 4.79 Å². The third-order valence-corrected chi connectivity index (χ3v) is 1.84. The van der Waals surface area contributed by atoms with Crippen LogP contribution < -0.4 is 5.32 Å². The van der Waals surface area contributed by atoms with Crippen LogP contribution in [-0.2, 0) is 18.9 Å². The van der Waals surface area contributed by atoms with Gasteiger partial charge in [0.05, 0.1) is 33.0 Å². The molecule has 0 aromatic carbocycles. The number of alkyl carbamates (subject to hydrolysis) is 1. The zero-order valence-corrected chi connectivity index (χ0v) is 12.6. The van der Waals surface area contributed by atoms with Crippen molar-refractivity contribution < 1.29 is 23.7 Å². The number of terminal acetylenes is 1. The van der Waals surface area contributed by atoms with Crippen molar-refractivity contribution in [2.45, 2.75) is 26.4 Å². The van der Waals surface area contributed by atoms with Crippen molar-refractivity contribution in [1.82, 2.24) is 5.32 Å². The van der Waals surface area contributed by atoms with Crippen LogP contribution in [0, 0.1) is 12.3 Å².